The minimum atomic E-state index is -1.13. The van der Waals surface area contributed by atoms with Crippen LogP contribution >= 0.6 is 0 Å². The number of unbranched alkanes of at least 4 members (excludes halogenated alkanes) is 10. The van der Waals surface area contributed by atoms with Crippen LogP contribution in [0.2, 0.25) is 0 Å². The molecule has 0 aliphatic rings. The Morgan fingerprint density at radius 1 is 0.574 bits per heavy atom. The SMILES string of the molecule is CCCCCCCCCCCCCC(=O)C[C@H](COC(C)(C)C)C(=O)N[C@H](C)C(=O)CCC(=O)N(C)[C@H](C(=O)C[C@@H](C)C(=O)N[C@@H](CC(C)C)C(=O)CC(C)C(=O)C(=O)CC)C(C)OC(C)(C)C. The molecule has 7 atom stereocenters. The van der Waals surface area contributed by atoms with Gasteiger partial charge in [0.15, 0.2) is 23.1 Å². The van der Waals surface area contributed by atoms with E-state index in [1.165, 1.54) is 70.7 Å². The van der Waals surface area contributed by atoms with Crippen molar-refractivity contribution in [1.82, 2.24) is 15.5 Å². The van der Waals surface area contributed by atoms with Gasteiger partial charge in [-0.2, -0.15) is 0 Å². The van der Waals surface area contributed by atoms with E-state index in [2.05, 4.69) is 17.6 Å². The van der Waals surface area contributed by atoms with Crippen LogP contribution in [0.15, 0.2) is 0 Å². The number of ketones is 6. The highest BCUT2D eigenvalue weighted by Crippen LogP contribution is 2.22. The predicted octanol–water partition coefficient (Wildman–Crippen LogP) is 9.23. The summed E-state index contributed by atoms with van der Waals surface area (Å²) in [6, 6.07) is -3.03. The van der Waals surface area contributed by atoms with Crippen LogP contribution in [0.3, 0.4) is 0 Å². The Labute approximate surface area is 411 Å². The van der Waals surface area contributed by atoms with Crippen molar-refractivity contribution in [2.75, 3.05) is 13.7 Å². The van der Waals surface area contributed by atoms with Crippen LogP contribution in [0.5, 0.6) is 0 Å². The second-order valence-corrected chi connectivity index (χ2v) is 21.7. The Morgan fingerprint density at radius 3 is 1.60 bits per heavy atom. The monoisotopic (exact) mass is 962 g/mol. The largest absolute Gasteiger partial charge is 0.375 e. The number of amides is 3. The number of rotatable bonds is 38. The third-order valence-corrected chi connectivity index (χ3v) is 12.1. The zero-order valence-electron chi connectivity index (χ0n) is 45.2. The van der Waals surface area contributed by atoms with Crippen LogP contribution in [-0.4, -0.2) is 106 Å². The summed E-state index contributed by atoms with van der Waals surface area (Å²) >= 11 is 0. The molecule has 0 aromatic rings. The molecular weight excluding hydrogens is 867 g/mol. The molecule has 0 fully saturated rings. The smallest absolute Gasteiger partial charge is 0.226 e. The predicted molar refractivity (Wildman–Crippen MR) is 268 cm³/mol. The Hall–Kier alpha value is -3.65. The molecule has 68 heavy (non-hydrogen) atoms. The van der Waals surface area contributed by atoms with Gasteiger partial charge in [-0.3, -0.25) is 43.2 Å². The van der Waals surface area contributed by atoms with Gasteiger partial charge >= 0.3 is 0 Å². The van der Waals surface area contributed by atoms with E-state index in [1.807, 2.05) is 55.4 Å². The number of hydrogen-bond donors (Lipinski definition) is 2. The minimum absolute atomic E-state index is 0.00413. The maximum Gasteiger partial charge on any atom is 0.226 e. The lowest BCUT2D eigenvalue weighted by Gasteiger charge is -2.36. The fraction of sp³-hybridized carbons (Fsp3) is 0.833. The Bertz CT molecular complexity index is 1610. The van der Waals surface area contributed by atoms with E-state index >= 15 is 0 Å². The van der Waals surface area contributed by atoms with Crippen LogP contribution in [0.25, 0.3) is 0 Å². The minimum Gasteiger partial charge on any atom is -0.375 e. The number of nitrogens with zero attached hydrogens (tertiary/aromatic N) is 1. The van der Waals surface area contributed by atoms with Gasteiger partial charge in [-0.05, 0) is 74.1 Å². The lowest BCUT2D eigenvalue weighted by Crippen LogP contribution is -2.52. The molecule has 0 saturated carbocycles. The second kappa shape index (κ2) is 33.0. The van der Waals surface area contributed by atoms with Gasteiger partial charge < -0.3 is 25.0 Å². The zero-order valence-corrected chi connectivity index (χ0v) is 45.2. The average molecular weight is 962 g/mol. The van der Waals surface area contributed by atoms with Gasteiger partial charge in [0, 0.05) is 63.8 Å². The molecule has 0 rings (SSSR count). The first-order valence-corrected chi connectivity index (χ1v) is 25.9. The van der Waals surface area contributed by atoms with Crippen LogP contribution < -0.4 is 10.6 Å². The van der Waals surface area contributed by atoms with E-state index in [-0.39, 0.29) is 69.0 Å². The van der Waals surface area contributed by atoms with Gasteiger partial charge in [0.05, 0.1) is 41.9 Å². The summed E-state index contributed by atoms with van der Waals surface area (Å²) in [4.78, 5) is 120. The Kier molecular flexibility index (Phi) is 31.3. The maximum absolute atomic E-state index is 14.1. The summed E-state index contributed by atoms with van der Waals surface area (Å²) < 4.78 is 12.1. The van der Waals surface area contributed by atoms with E-state index in [0.29, 0.717) is 6.42 Å². The van der Waals surface area contributed by atoms with Gasteiger partial charge in [-0.15, -0.1) is 0 Å². The lowest BCUT2D eigenvalue weighted by atomic mass is 9.90. The first-order valence-electron chi connectivity index (χ1n) is 25.9. The van der Waals surface area contributed by atoms with Gasteiger partial charge in [0.25, 0.3) is 0 Å². The fourth-order valence-electron chi connectivity index (χ4n) is 8.10. The first kappa shape index (κ1) is 64.3. The highest BCUT2D eigenvalue weighted by molar-refractivity contribution is 6.38. The highest BCUT2D eigenvalue weighted by atomic mass is 16.5. The normalized spacial score (nSPS) is 15.1. The van der Waals surface area contributed by atoms with Crippen LogP contribution in [0.1, 0.15) is 219 Å². The first-order chi connectivity index (χ1) is 31.5. The number of carbonyl (C=O) groups is 9. The molecule has 0 aromatic carbocycles. The molecule has 14 nitrogen and oxygen atoms in total. The van der Waals surface area contributed by atoms with Gasteiger partial charge in [0.1, 0.15) is 11.8 Å². The van der Waals surface area contributed by atoms with E-state index < -0.39 is 94.0 Å². The van der Waals surface area contributed by atoms with E-state index in [1.54, 1.807) is 20.8 Å². The zero-order chi connectivity index (χ0) is 52.4. The summed E-state index contributed by atoms with van der Waals surface area (Å²) in [7, 11) is 1.45. The molecule has 2 N–H and O–H groups in total. The molecule has 0 spiro atoms. The quantitative estimate of drug-likeness (QED) is 0.0442. The molecule has 2 unspecified atom stereocenters. The number of carbonyl (C=O) groups excluding carboxylic acids is 9. The van der Waals surface area contributed by atoms with Crippen LogP contribution in [0, 0.1) is 23.7 Å². The molecule has 0 bridgehead atoms. The summed E-state index contributed by atoms with van der Waals surface area (Å²) in [5.41, 5.74) is -1.26. The van der Waals surface area contributed by atoms with E-state index in [4.69, 9.17) is 9.47 Å². The summed E-state index contributed by atoms with van der Waals surface area (Å²) in [5.74, 6) is -6.56. The molecule has 0 heterocycles. The molecular formula is C54H95N3O11. The van der Waals surface area contributed by atoms with Gasteiger partial charge in [-0.25, -0.2) is 0 Å². The van der Waals surface area contributed by atoms with Crippen molar-refractivity contribution in [3.63, 3.8) is 0 Å². The van der Waals surface area contributed by atoms with Crippen molar-refractivity contribution < 1.29 is 52.6 Å². The summed E-state index contributed by atoms with van der Waals surface area (Å²) in [5, 5.41) is 5.52. The molecule has 392 valence electrons. The van der Waals surface area contributed by atoms with Gasteiger partial charge in [0.2, 0.25) is 23.5 Å². The molecule has 14 heteroatoms. The topological polar surface area (TPSA) is 199 Å². The molecule has 0 aliphatic heterocycles. The molecule has 0 radical (unpaired) electrons. The third-order valence-electron chi connectivity index (χ3n) is 12.1. The van der Waals surface area contributed by atoms with Crippen molar-refractivity contribution in [3.05, 3.63) is 0 Å². The average Bonchev–Trinajstić information content (AvgIpc) is 3.23. The summed E-state index contributed by atoms with van der Waals surface area (Å²) in [6.07, 6.45) is 11.7. The van der Waals surface area contributed by atoms with Crippen molar-refractivity contribution >= 4 is 52.4 Å². The second-order valence-electron chi connectivity index (χ2n) is 21.7. The Balaban J connectivity index is 5.70. The number of nitrogens with one attached hydrogen (secondary N) is 2. The van der Waals surface area contributed by atoms with E-state index in [0.717, 1.165) is 25.7 Å². The molecule has 3 amide bonds. The van der Waals surface area contributed by atoms with Crippen LogP contribution in [0.4, 0.5) is 0 Å². The number of ether oxygens (including phenoxy) is 2. The fourth-order valence-corrected chi connectivity index (χ4v) is 8.10. The molecule has 0 aliphatic carbocycles. The van der Waals surface area contributed by atoms with Gasteiger partial charge in [-0.1, -0.05) is 106 Å². The van der Waals surface area contributed by atoms with Crippen molar-refractivity contribution in [2.45, 2.75) is 254 Å². The van der Waals surface area contributed by atoms with Crippen molar-refractivity contribution in [2.24, 2.45) is 23.7 Å². The maximum atomic E-state index is 14.1. The highest BCUT2D eigenvalue weighted by Gasteiger charge is 2.37. The molecule has 0 saturated heterocycles. The van der Waals surface area contributed by atoms with Crippen LogP contribution in [-0.2, 0) is 52.6 Å². The lowest BCUT2D eigenvalue weighted by molar-refractivity contribution is -0.150. The van der Waals surface area contributed by atoms with Crippen molar-refractivity contribution in [3.8, 4) is 0 Å². The number of Topliss-reactive ketones (excluding diaryl/α,β-unsaturated/α-hetero) is 6. The number of likely N-dealkylation sites (N-methyl/N-ethyl adjacent to an activating group) is 1. The standard InChI is InChI=1S/C54H95N3O11/c1-16-18-19-20-21-22-23-24-25-26-27-28-42(58)34-41(35-67-53(9,10)11)52(66)55-39(7)45(60)29-30-48(63)57(15)49(40(8)68-54(12,13)14)47(62)33-38(6)51(65)56-43(31-36(3)4)46(61)32-37(5)50(64)44(59)17-2/h36-41,43,49H,16-35H2,1-15H3,(H,55,66)(H,56,65)/t37?,38-,39-,40?,41-,43+,49+/m1/s1. The summed E-state index contributed by atoms with van der Waals surface area (Å²) in [6.45, 7) is 24.9. The molecule has 0 aromatic heterocycles. The Morgan fingerprint density at radius 2 is 1.10 bits per heavy atom. The van der Waals surface area contributed by atoms with Crippen molar-refractivity contribution in [1.29, 1.82) is 0 Å². The number of hydrogen-bond acceptors (Lipinski definition) is 11. The van der Waals surface area contributed by atoms with E-state index in [9.17, 15) is 43.2 Å². The third kappa shape index (κ3) is 28.1.